The Morgan fingerprint density at radius 1 is 1.43 bits per heavy atom. The maximum atomic E-state index is 12.6. The fraction of sp³-hybridized carbons (Fsp3) is 0.429. The number of β-lactam (4-membered cyclic amide) rings is 1. The van der Waals surface area contributed by atoms with Gasteiger partial charge in [-0.2, -0.15) is 0 Å². The Labute approximate surface area is 172 Å². The molecule has 14 heteroatoms. The zero-order chi connectivity index (χ0) is 20.8. The van der Waals surface area contributed by atoms with Gasteiger partial charge in [-0.1, -0.05) is 5.16 Å². The first-order valence-electron chi connectivity index (χ1n) is 7.56. The van der Waals surface area contributed by atoms with E-state index in [0.717, 1.165) is 23.3 Å². The molecule has 2 rings (SSSR count). The Hall–Kier alpha value is -2.38. The minimum absolute atomic E-state index is 0.109. The predicted octanol–water partition coefficient (Wildman–Crippen LogP) is -0.182. The maximum Gasteiger partial charge on any atom is 0.332 e. The Balaban J connectivity index is 2.17. The number of hydrogen-bond acceptors (Lipinski definition) is 10. The number of carbonyl (C=O) groups is 4. The summed E-state index contributed by atoms with van der Waals surface area (Å²) in [6.07, 6.45) is 1.62. The molecular formula is C14H16ClN5O6S2. The number of aromatic nitrogens is 1. The summed E-state index contributed by atoms with van der Waals surface area (Å²) in [5.74, 6) is -2.62. The molecule has 28 heavy (non-hydrogen) atoms. The minimum atomic E-state index is -1.11. The van der Waals surface area contributed by atoms with Crippen LogP contribution in [0.1, 0.15) is 5.69 Å². The zero-order valence-electron chi connectivity index (χ0n) is 14.9. The van der Waals surface area contributed by atoms with Crippen LogP contribution in [0.5, 0.6) is 0 Å². The van der Waals surface area contributed by atoms with Gasteiger partial charge in [0.15, 0.2) is 16.9 Å². The van der Waals surface area contributed by atoms with E-state index in [9.17, 15) is 19.2 Å². The van der Waals surface area contributed by atoms with E-state index in [2.05, 4.69) is 30.3 Å². The highest BCUT2D eigenvalue weighted by molar-refractivity contribution is 7.96. The highest BCUT2D eigenvalue weighted by atomic mass is 35.5. The lowest BCUT2D eigenvalue weighted by molar-refractivity contribution is -0.161. The molecule has 2 N–H and O–H groups in total. The average molecular weight is 450 g/mol. The SMILES string of the molecule is CON=C(C(=O)N[C@H]1C(=O)N(SC)[C@H]1C(=O)OC)c1csc(NC(=O)CCl)n1. The van der Waals surface area contributed by atoms with E-state index in [1.807, 2.05) is 0 Å². The Morgan fingerprint density at radius 3 is 2.71 bits per heavy atom. The van der Waals surface area contributed by atoms with Gasteiger partial charge in [-0.3, -0.25) is 18.7 Å². The topological polar surface area (TPSA) is 139 Å². The van der Waals surface area contributed by atoms with Crippen molar-refractivity contribution in [3.8, 4) is 0 Å². The third-order valence-electron chi connectivity index (χ3n) is 3.49. The number of alkyl halides is 1. The van der Waals surface area contributed by atoms with E-state index in [0.29, 0.717) is 0 Å². The van der Waals surface area contributed by atoms with Crippen LogP contribution in [0.25, 0.3) is 0 Å². The zero-order valence-corrected chi connectivity index (χ0v) is 17.3. The maximum absolute atomic E-state index is 12.6. The molecule has 0 spiro atoms. The third-order valence-corrected chi connectivity index (χ3v) is 5.29. The third kappa shape index (κ3) is 4.54. The standard InChI is InChI=1S/C14H16ClN5O6S2/c1-25-13(24)10-9(12(23)20(10)27-3)18-11(22)8(19-26-2)6-5-28-14(16-6)17-7(21)4-15/h5,9-10H,4H2,1-3H3,(H,18,22)(H,16,17,21)/t9-,10-/m1/s1. The van der Waals surface area contributed by atoms with E-state index in [1.165, 1.54) is 23.9 Å². The van der Waals surface area contributed by atoms with Crippen LogP contribution in [-0.2, 0) is 28.8 Å². The van der Waals surface area contributed by atoms with Crippen molar-refractivity contribution in [2.45, 2.75) is 12.1 Å². The Bertz CT molecular complexity index is 816. The number of halogens is 1. The molecule has 0 unspecified atom stereocenters. The summed E-state index contributed by atoms with van der Waals surface area (Å²) < 4.78 is 5.88. The lowest BCUT2D eigenvalue weighted by atomic mass is 9.98. The summed E-state index contributed by atoms with van der Waals surface area (Å²) in [4.78, 5) is 56.8. The summed E-state index contributed by atoms with van der Waals surface area (Å²) in [7, 11) is 2.42. The molecule has 2 atom stereocenters. The molecule has 1 aliphatic rings. The van der Waals surface area contributed by atoms with Gasteiger partial charge in [0, 0.05) is 11.6 Å². The molecule has 11 nitrogen and oxygen atoms in total. The van der Waals surface area contributed by atoms with Crippen LogP contribution in [0.3, 0.4) is 0 Å². The number of amides is 3. The van der Waals surface area contributed by atoms with E-state index >= 15 is 0 Å². The molecule has 2 heterocycles. The van der Waals surface area contributed by atoms with Crippen LogP contribution in [0.15, 0.2) is 10.5 Å². The summed E-state index contributed by atoms with van der Waals surface area (Å²) in [6.45, 7) is 0. The molecule has 3 amide bonds. The van der Waals surface area contributed by atoms with Crippen LogP contribution in [0.2, 0.25) is 0 Å². The number of hydrogen-bond donors (Lipinski definition) is 2. The highest BCUT2D eigenvalue weighted by Crippen LogP contribution is 2.28. The van der Waals surface area contributed by atoms with Gasteiger partial charge < -0.3 is 20.2 Å². The highest BCUT2D eigenvalue weighted by Gasteiger charge is 2.53. The van der Waals surface area contributed by atoms with Crippen molar-refractivity contribution >= 4 is 69.4 Å². The first kappa shape index (κ1) is 21.9. The van der Waals surface area contributed by atoms with E-state index < -0.39 is 35.8 Å². The van der Waals surface area contributed by atoms with Gasteiger partial charge in [0.2, 0.25) is 5.91 Å². The van der Waals surface area contributed by atoms with Gasteiger partial charge in [0.1, 0.15) is 24.7 Å². The monoisotopic (exact) mass is 449 g/mol. The summed E-state index contributed by atoms with van der Waals surface area (Å²) in [6, 6.07) is -2.07. The van der Waals surface area contributed by atoms with Gasteiger partial charge >= 0.3 is 5.97 Å². The van der Waals surface area contributed by atoms with Crippen LogP contribution < -0.4 is 10.6 Å². The summed E-state index contributed by atoms with van der Waals surface area (Å²) >= 11 is 7.51. The number of oxime groups is 1. The molecule has 1 aromatic rings. The van der Waals surface area contributed by atoms with Crippen molar-refractivity contribution in [1.29, 1.82) is 0 Å². The van der Waals surface area contributed by atoms with Crippen molar-refractivity contribution in [1.82, 2.24) is 14.6 Å². The molecule has 1 saturated heterocycles. The van der Waals surface area contributed by atoms with Crippen LogP contribution in [0, 0.1) is 0 Å². The molecule has 0 saturated carbocycles. The second kappa shape index (κ2) is 9.71. The summed E-state index contributed by atoms with van der Waals surface area (Å²) in [5.41, 5.74) is -0.124. The number of methoxy groups -OCH3 is 1. The molecule has 0 bridgehead atoms. The fourth-order valence-electron chi connectivity index (χ4n) is 2.26. The molecule has 152 valence electrons. The normalized spacial score (nSPS) is 18.9. The fourth-order valence-corrected chi connectivity index (χ4v) is 3.76. The molecule has 1 aromatic heterocycles. The molecular weight excluding hydrogens is 434 g/mol. The first-order valence-corrected chi connectivity index (χ1v) is 10.2. The van der Waals surface area contributed by atoms with Crippen molar-refractivity contribution in [2.75, 3.05) is 31.7 Å². The van der Waals surface area contributed by atoms with Crippen LogP contribution in [0.4, 0.5) is 5.13 Å². The number of anilines is 1. The molecule has 0 radical (unpaired) electrons. The number of carbonyl (C=O) groups excluding carboxylic acids is 4. The Kier molecular flexibility index (Phi) is 7.60. The summed E-state index contributed by atoms with van der Waals surface area (Å²) in [5, 5.41) is 10.2. The van der Waals surface area contributed by atoms with E-state index in [-0.39, 0.29) is 22.4 Å². The van der Waals surface area contributed by atoms with E-state index in [4.69, 9.17) is 11.6 Å². The average Bonchev–Trinajstić information content (AvgIpc) is 3.14. The molecule has 1 fully saturated rings. The van der Waals surface area contributed by atoms with Crippen molar-refractivity contribution in [3.63, 3.8) is 0 Å². The predicted molar refractivity (Wildman–Crippen MR) is 103 cm³/mol. The first-order chi connectivity index (χ1) is 13.4. The van der Waals surface area contributed by atoms with Crippen molar-refractivity contribution in [3.05, 3.63) is 11.1 Å². The van der Waals surface area contributed by atoms with Gasteiger partial charge in [-0.15, -0.1) is 22.9 Å². The number of ether oxygens (including phenoxy) is 1. The number of nitrogens with one attached hydrogen (secondary N) is 2. The quantitative estimate of drug-likeness (QED) is 0.139. The lowest BCUT2D eigenvalue weighted by Crippen LogP contribution is -2.71. The second-order valence-corrected chi connectivity index (χ2v) is 6.99. The van der Waals surface area contributed by atoms with Gasteiger partial charge in [-0.05, 0) is 11.9 Å². The molecule has 0 aliphatic carbocycles. The van der Waals surface area contributed by atoms with Gasteiger partial charge in [0.25, 0.3) is 11.8 Å². The van der Waals surface area contributed by atoms with E-state index in [1.54, 1.807) is 6.26 Å². The Morgan fingerprint density at radius 2 is 2.14 bits per heavy atom. The molecule has 1 aliphatic heterocycles. The van der Waals surface area contributed by atoms with Crippen LogP contribution in [-0.4, -0.2) is 77.1 Å². The van der Waals surface area contributed by atoms with Gasteiger partial charge in [0.05, 0.1) is 7.11 Å². The van der Waals surface area contributed by atoms with Crippen molar-refractivity contribution < 1.29 is 28.8 Å². The number of rotatable bonds is 8. The second-order valence-electron chi connectivity index (χ2n) is 5.11. The smallest absolute Gasteiger partial charge is 0.332 e. The largest absolute Gasteiger partial charge is 0.467 e. The lowest BCUT2D eigenvalue weighted by Gasteiger charge is -2.43. The number of thiazole rings is 1. The number of esters is 1. The molecule has 0 aromatic carbocycles. The van der Waals surface area contributed by atoms with Gasteiger partial charge in [-0.25, -0.2) is 9.78 Å². The number of nitrogens with zero attached hydrogens (tertiary/aromatic N) is 3. The minimum Gasteiger partial charge on any atom is -0.467 e. The van der Waals surface area contributed by atoms with Crippen molar-refractivity contribution in [2.24, 2.45) is 5.16 Å². The van der Waals surface area contributed by atoms with Crippen LogP contribution >= 0.6 is 34.9 Å².